The summed E-state index contributed by atoms with van der Waals surface area (Å²) in [7, 11) is 1.75. The molecular weight excluding hydrogens is 352 g/mol. The van der Waals surface area contributed by atoms with Crippen LogP contribution in [0.3, 0.4) is 0 Å². The highest BCUT2D eigenvalue weighted by Gasteiger charge is 2.16. The fourth-order valence-corrected chi connectivity index (χ4v) is 2.86. The zero-order chi connectivity index (χ0) is 19.9. The third-order valence-corrected chi connectivity index (χ3v) is 4.28. The summed E-state index contributed by atoms with van der Waals surface area (Å²) in [4.78, 5) is 13.3. The predicted molar refractivity (Wildman–Crippen MR) is 114 cm³/mol. The first-order valence-electron chi connectivity index (χ1n) is 8.80. The molecule has 1 aromatic carbocycles. The van der Waals surface area contributed by atoms with Crippen LogP contribution in [0.2, 0.25) is 0 Å². The van der Waals surface area contributed by atoms with Crippen molar-refractivity contribution in [3.05, 3.63) is 59.4 Å². The molecule has 0 amide bonds. The van der Waals surface area contributed by atoms with E-state index in [1.54, 1.807) is 25.4 Å². The fraction of sp³-hybridized carbons (Fsp3) is 0.150. The van der Waals surface area contributed by atoms with Crippen LogP contribution in [0.25, 0.3) is 11.4 Å². The molecule has 3 rings (SSSR count). The molecular formula is C20H22N8. The number of nitrogens with zero attached hydrogens (tertiary/aromatic N) is 3. The average Bonchev–Trinajstić information content (AvgIpc) is 2.73. The Morgan fingerprint density at radius 3 is 2.50 bits per heavy atom. The maximum atomic E-state index is 7.76. The molecule has 0 aliphatic carbocycles. The average molecular weight is 374 g/mol. The van der Waals surface area contributed by atoms with Gasteiger partial charge in [-0.05, 0) is 24.1 Å². The van der Waals surface area contributed by atoms with Gasteiger partial charge in [0.2, 0.25) is 0 Å². The van der Waals surface area contributed by atoms with Crippen LogP contribution in [-0.2, 0) is 6.42 Å². The number of nitrogen functional groups attached to an aromatic ring is 1. The first kappa shape index (κ1) is 19.0. The quantitative estimate of drug-likeness (QED) is 0.304. The van der Waals surface area contributed by atoms with Gasteiger partial charge in [0, 0.05) is 55.2 Å². The molecule has 3 aromatic rings. The maximum absolute atomic E-state index is 7.76. The molecule has 0 atom stereocenters. The second-order valence-corrected chi connectivity index (χ2v) is 6.04. The summed E-state index contributed by atoms with van der Waals surface area (Å²) in [5.74, 6) is 1.51. The van der Waals surface area contributed by atoms with Crippen LogP contribution in [0.4, 0.5) is 17.3 Å². The first-order valence-corrected chi connectivity index (χ1v) is 8.80. The summed E-state index contributed by atoms with van der Waals surface area (Å²) in [5.41, 5.74) is 9.39. The van der Waals surface area contributed by atoms with Crippen molar-refractivity contribution >= 4 is 29.8 Å². The molecule has 0 saturated carbocycles. The summed E-state index contributed by atoms with van der Waals surface area (Å²) in [6.07, 6.45) is 6.76. The van der Waals surface area contributed by atoms with E-state index in [0.717, 1.165) is 12.0 Å². The Hall–Kier alpha value is -3.81. The smallest absolute Gasteiger partial charge is 0.164 e. The van der Waals surface area contributed by atoms with Gasteiger partial charge < -0.3 is 27.2 Å². The van der Waals surface area contributed by atoms with Crippen LogP contribution in [0.5, 0.6) is 0 Å². The van der Waals surface area contributed by atoms with E-state index in [1.807, 2.05) is 24.4 Å². The van der Waals surface area contributed by atoms with E-state index < -0.39 is 0 Å². The summed E-state index contributed by atoms with van der Waals surface area (Å²) >= 11 is 0. The Morgan fingerprint density at radius 1 is 1.04 bits per heavy atom. The Balaban J connectivity index is 1.97. The summed E-state index contributed by atoms with van der Waals surface area (Å²) in [5, 5.41) is 21.7. The standard InChI is InChI=1S/C20H22N8/c1-24-18-16(11-22)19(26-9-7-13-4-3-8-25-12-13)28-20(27-18)14-5-2-6-17(23)15(14)10-21/h2-6,8,10-12,21-22H,7,9,23H2,1H3,(H2,24,26,27,28). The number of nitrogens with two attached hydrogens (primary N) is 1. The van der Waals surface area contributed by atoms with Gasteiger partial charge in [-0.25, -0.2) is 9.97 Å². The Kier molecular flexibility index (Phi) is 5.91. The van der Waals surface area contributed by atoms with Gasteiger partial charge >= 0.3 is 0 Å². The van der Waals surface area contributed by atoms with Crippen LogP contribution in [0.1, 0.15) is 16.7 Å². The molecule has 8 heteroatoms. The van der Waals surface area contributed by atoms with Crippen molar-refractivity contribution in [1.29, 1.82) is 10.8 Å². The van der Waals surface area contributed by atoms with Gasteiger partial charge in [0.15, 0.2) is 5.82 Å². The van der Waals surface area contributed by atoms with Crippen molar-refractivity contribution in [3.8, 4) is 11.4 Å². The van der Waals surface area contributed by atoms with Crippen LogP contribution < -0.4 is 16.4 Å². The second-order valence-electron chi connectivity index (χ2n) is 6.04. The van der Waals surface area contributed by atoms with Crippen molar-refractivity contribution in [2.24, 2.45) is 0 Å². The zero-order valence-electron chi connectivity index (χ0n) is 15.5. The van der Waals surface area contributed by atoms with Gasteiger partial charge in [0.05, 0.1) is 5.56 Å². The number of anilines is 3. The molecule has 2 heterocycles. The van der Waals surface area contributed by atoms with Crippen molar-refractivity contribution in [2.75, 3.05) is 30.0 Å². The van der Waals surface area contributed by atoms with Gasteiger partial charge in [0.1, 0.15) is 11.6 Å². The molecule has 2 aromatic heterocycles. The van der Waals surface area contributed by atoms with Gasteiger partial charge in [-0.2, -0.15) is 0 Å². The lowest BCUT2D eigenvalue weighted by Gasteiger charge is -2.15. The minimum atomic E-state index is 0.435. The number of rotatable bonds is 8. The predicted octanol–water partition coefficient (Wildman–Crippen LogP) is 2.81. The normalized spacial score (nSPS) is 10.3. The van der Waals surface area contributed by atoms with Crippen LogP contribution in [0, 0.1) is 10.8 Å². The van der Waals surface area contributed by atoms with E-state index in [9.17, 15) is 0 Å². The number of hydrogen-bond donors (Lipinski definition) is 5. The molecule has 0 bridgehead atoms. The highest BCUT2D eigenvalue weighted by atomic mass is 15.1. The van der Waals surface area contributed by atoms with Gasteiger partial charge in [-0.15, -0.1) is 0 Å². The molecule has 6 N–H and O–H groups in total. The molecule has 0 fully saturated rings. The van der Waals surface area contributed by atoms with Crippen molar-refractivity contribution in [2.45, 2.75) is 6.42 Å². The van der Waals surface area contributed by atoms with Crippen LogP contribution in [0.15, 0.2) is 42.7 Å². The van der Waals surface area contributed by atoms with E-state index in [0.29, 0.717) is 46.4 Å². The van der Waals surface area contributed by atoms with E-state index in [2.05, 4.69) is 25.6 Å². The van der Waals surface area contributed by atoms with Crippen LogP contribution >= 0.6 is 0 Å². The third-order valence-electron chi connectivity index (χ3n) is 4.28. The van der Waals surface area contributed by atoms with Gasteiger partial charge in [-0.3, -0.25) is 4.98 Å². The Bertz CT molecular complexity index is 985. The SMILES string of the molecule is CNc1nc(-c2cccc(N)c2C=N)nc(NCCc2cccnc2)c1C=N. The van der Waals surface area contributed by atoms with Crippen LogP contribution in [-0.4, -0.2) is 41.0 Å². The van der Waals surface area contributed by atoms with E-state index in [1.165, 1.54) is 12.4 Å². The maximum Gasteiger partial charge on any atom is 0.164 e. The molecule has 0 spiro atoms. The number of nitrogens with one attached hydrogen (secondary N) is 4. The topological polar surface area (TPSA) is 136 Å². The largest absolute Gasteiger partial charge is 0.398 e. The summed E-state index contributed by atoms with van der Waals surface area (Å²) in [6.45, 7) is 0.625. The third kappa shape index (κ3) is 3.96. The molecule has 142 valence electrons. The highest BCUT2D eigenvalue weighted by molar-refractivity contribution is 5.95. The lowest BCUT2D eigenvalue weighted by Crippen LogP contribution is -2.13. The minimum Gasteiger partial charge on any atom is -0.398 e. The molecule has 0 saturated heterocycles. The van der Waals surface area contributed by atoms with Crippen molar-refractivity contribution in [3.63, 3.8) is 0 Å². The molecule has 0 aliphatic rings. The summed E-state index contributed by atoms with van der Waals surface area (Å²) < 4.78 is 0. The van der Waals surface area contributed by atoms with Gasteiger partial charge in [0.25, 0.3) is 0 Å². The lowest BCUT2D eigenvalue weighted by atomic mass is 10.1. The minimum absolute atomic E-state index is 0.435. The number of aromatic nitrogens is 3. The molecule has 0 aliphatic heterocycles. The number of pyridine rings is 1. The molecule has 8 nitrogen and oxygen atoms in total. The summed E-state index contributed by atoms with van der Waals surface area (Å²) in [6, 6.07) is 9.29. The molecule has 28 heavy (non-hydrogen) atoms. The molecule has 0 radical (unpaired) electrons. The van der Waals surface area contributed by atoms with E-state index in [4.69, 9.17) is 16.6 Å². The number of hydrogen-bond acceptors (Lipinski definition) is 8. The lowest BCUT2D eigenvalue weighted by molar-refractivity contribution is 0.988. The van der Waals surface area contributed by atoms with E-state index in [-0.39, 0.29) is 0 Å². The van der Waals surface area contributed by atoms with E-state index >= 15 is 0 Å². The molecule has 0 unspecified atom stereocenters. The fourth-order valence-electron chi connectivity index (χ4n) is 2.86. The van der Waals surface area contributed by atoms with Gasteiger partial charge in [-0.1, -0.05) is 18.2 Å². The Morgan fingerprint density at radius 2 is 1.82 bits per heavy atom. The van der Waals surface area contributed by atoms with Crippen molar-refractivity contribution < 1.29 is 0 Å². The zero-order valence-corrected chi connectivity index (χ0v) is 15.5. The highest BCUT2D eigenvalue weighted by Crippen LogP contribution is 2.28. The first-order chi connectivity index (χ1) is 13.7. The number of benzene rings is 1. The monoisotopic (exact) mass is 374 g/mol. The van der Waals surface area contributed by atoms with Crippen molar-refractivity contribution in [1.82, 2.24) is 15.0 Å². The Labute approximate surface area is 163 Å². The second kappa shape index (κ2) is 8.72.